The summed E-state index contributed by atoms with van der Waals surface area (Å²) in [5.74, 6) is 0.524. The quantitative estimate of drug-likeness (QED) is 0.393. The van der Waals surface area contributed by atoms with Crippen LogP contribution in [-0.4, -0.2) is 16.5 Å². The third-order valence-electron chi connectivity index (χ3n) is 2.58. The van der Waals surface area contributed by atoms with Crippen molar-refractivity contribution in [3.05, 3.63) is 40.2 Å². The van der Waals surface area contributed by atoms with Gasteiger partial charge in [0.2, 0.25) is 0 Å². The Kier molecular flexibility index (Phi) is 6.34. The fourth-order valence-electron chi connectivity index (χ4n) is 1.59. The molecule has 1 aromatic heterocycles. The van der Waals surface area contributed by atoms with Gasteiger partial charge in [0.25, 0.3) is 0 Å². The number of anilines is 1. The third kappa shape index (κ3) is 4.62. The highest BCUT2D eigenvalue weighted by atomic mass is 79.9. The van der Waals surface area contributed by atoms with Crippen LogP contribution in [0.1, 0.15) is 13.3 Å². The summed E-state index contributed by atoms with van der Waals surface area (Å²) in [6.07, 6.45) is 2.35. The van der Waals surface area contributed by atoms with Crippen LogP contribution < -0.4 is 16.5 Å². The average molecular weight is 373 g/mol. The second kappa shape index (κ2) is 8.26. The maximum atomic E-state index is 6.18. The monoisotopic (exact) mass is 371 g/mol. The van der Waals surface area contributed by atoms with Gasteiger partial charge in [-0.1, -0.05) is 52.2 Å². The molecule has 112 valence electrons. The predicted octanol–water partition coefficient (Wildman–Crippen LogP) is 3.32. The zero-order chi connectivity index (χ0) is 15.1. The number of hydrogen-bond acceptors (Lipinski definition) is 6. The molecule has 0 aliphatic heterocycles. The lowest BCUT2D eigenvalue weighted by Gasteiger charge is -2.12. The molecule has 0 radical (unpaired) electrons. The smallest absolute Gasteiger partial charge is 0.154 e. The topological polar surface area (TPSA) is 71.1 Å². The number of hydroxylamine groups is 1. The predicted molar refractivity (Wildman–Crippen MR) is 86.3 cm³/mol. The van der Waals surface area contributed by atoms with Crippen molar-refractivity contribution in [2.75, 3.05) is 12.0 Å². The van der Waals surface area contributed by atoms with Crippen molar-refractivity contribution in [2.24, 2.45) is 0 Å². The summed E-state index contributed by atoms with van der Waals surface area (Å²) >= 11 is 9.58. The number of aromatic nitrogens is 2. The van der Waals surface area contributed by atoms with E-state index < -0.39 is 0 Å². The van der Waals surface area contributed by atoms with Crippen molar-refractivity contribution in [2.45, 2.75) is 13.3 Å². The van der Waals surface area contributed by atoms with Gasteiger partial charge in [-0.25, -0.2) is 9.97 Å². The molecule has 1 heterocycles. The summed E-state index contributed by atoms with van der Waals surface area (Å²) in [5, 5.41) is 0.359. The van der Waals surface area contributed by atoms with Gasteiger partial charge in [-0.05, 0) is 24.1 Å². The van der Waals surface area contributed by atoms with Crippen LogP contribution in [0.25, 0.3) is 11.1 Å². The highest BCUT2D eigenvalue weighted by Crippen LogP contribution is 2.32. The minimum atomic E-state index is 0.359. The SMILES string of the molecule is CCCNONNc1ncnc(Cl)c1-c1ccc(Br)cc1. The molecule has 0 saturated carbocycles. The van der Waals surface area contributed by atoms with E-state index >= 15 is 0 Å². The van der Waals surface area contributed by atoms with E-state index in [9.17, 15) is 0 Å². The lowest BCUT2D eigenvalue weighted by molar-refractivity contribution is -0.0255. The van der Waals surface area contributed by atoms with Gasteiger partial charge in [-0.2, -0.15) is 10.4 Å². The average Bonchev–Trinajstić information content (AvgIpc) is 2.48. The van der Waals surface area contributed by atoms with Gasteiger partial charge < -0.3 is 0 Å². The fraction of sp³-hybridized carbons (Fsp3) is 0.231. The zero-order valence-electron chi connectivity index (χ0n) is 11.4. The molecule has 0 atom stereocenters. The highest BCUT2D eigenvalue weighted by Gasteiger charge is 2.12. The Hall–Kier alpha value is -1.25. The maximum Gasteiger partial charge on any atom is 0.154 e. The van der Waals surface area contributed by atoms with E-state index in [-0.39, 0.29) is 0 Å². The number of rotatable bonds is 7. The number of nitrogens with zero attached hydrogens (tertiary/aromatic N) is 2. The van der Waals surface area contributed by atoms with Crippen LogP contribution in [0.3, 0.4) is 0 Å². The summed E-state index contributed by atoms with van der Waals surface area (Å²) in [7, 11) is 0. The molecular weight excluding hydrogens is 358 g/mol. The number of halogens is 2. The Balaban J connectivity index is 2.14. The van der Waals surface area contributed by atoms with Crippen molar-refractivity contribution < 1.29 is 4.94 Å². The standard InChI is InChI=1S/C13H15BrClN5O/c1-2-7-18-21-20-19-13-11(12(15)16-8-17-13)9-3-5-10(14)6-4-9/h3-6,8,18,20H,2,7H2,1H3,(H,16,17,19). The molecule has 0 aliphatic carbocycles. The first-order valence-electron chi connectivity index (χ1n) is 6.38. The van der Waals surface area contributed by atoms with Gasteiger partial charge in [-0.15, -0.1) is 0 Å². The molecule has 0 aliphatic rings. The normalized spacial score (nSPS) is 10.6. The molecule has 6 nitrogen and oxygen atoms in total. The Labute approximate surface area is 136 Å². The molecule has 0 spiro atoms. The fourth-order valence-corrected chi connectivity index (χ4v) is 2.10. The minimum Gasteiger partial charge on any atom is -0.280 e. The first-order valence-corrected chi connectivity index (χ1v) is 7.55. The van der Waals surface area contributed by atoms with Crippen LogP contribution in [0.5, 0.6) is 0 Å². The first kappa shape index (κ1) is 16.1. The number of benzene rings is 1. The Morgan fingerprint density at radius 3 is 2.71 bits per heavy atom. The van der Waals surface area contributed by atoms with Crippen molar-refractivity contribution in [3.8, 4) is 11.1 Å². The van der Waals surface area contributed by atoms with Crippen LogP contribution in [0.4, 0.5) is 5.82 Å². The molecule has 0 fully saturated rings. The van der Waals surface area contributed by atoms with Crippen molar-refractivity contribution in [3.63, 3.8) is 0 Å². The van der Waals surface area contributed by atoms with E-state index in [1.54, 1.807) is 0 Å². The van der Waals surface area contributed by atoms with Gasteiger partial charge in [0, 0.05) is 11.0 Å². The largest absolute Gasteiger partial charge is 0.280 e. The summed E-state index contributed by atoms with van der Waals surface area (Å²) in [4.78, 5) is 13.2. The van der Waals surface area contributed by atoms with Crippen LogP contribution in [0, 0.1) is 0 Å². The molecule has 0 unspecified atom stereocenters. The number of hydrogen-bond donors (Lipinski definition) is 3. The molecule has 0 amide bonds. The second-order valence-electron chi connectivity index (χ2n) is 4.12. The second-order valence-corrected chi connectivity index (χ2v) is 5.39. The summed E-state index contributed by atoms with van der Waals surface area (Å²) in [6.45, 7) is 2.78. The molecule has 2 rings (SSSR count). The van der Waals surface area contributed by atoms with E-state index in [2.05, 4.69) is 42.4 Å². The third-order valence-corrected chi connectivity index (χ3v) is 3.39. The highest BCUT2D eigenvalue weighted by molar-refractivity contribution is 9.10. The summed E-state index contributed by atoms with van der Waals surface area (Å²) < 4.78 is 0.985. The van der Waals surface area contributed by atoms with Crippen LogP contribution in [-0.2, 0) is 4.94 Å². The molecule has 2 aromatic rings. The molecule has 1 aromatic carbocycles. The summed E-state index contributed by atoms with van der Waals surface area (Å²) in [5.41, 5.74) is 9.73. The number of nitrogens with one attached hydrogen (secondary N) is 3. The van der Waals surface area contributed by atoms with Gasteiger partial charge >= 0.3 is 0 Å². The minimum absolute atomic E-state index is 0.359. The zero-order valence-corrected chi connectivity index (χ0v) is 13.7. The number of hydrazine groups is 1. The molecule has 8 heteroatoms. The molecule has 3 N–H and O–H groups in total. The Bertz CT molecular complexity index is 581. The summed E-state index contributed by atoms with van der Waals surface area (Å²) in [6, 6.07) is 7.70. The van der Waals surface area contributed by atoms with Crippen molar-refractivity contribution >= 4 is 33.3 Å². The Morgan fingerprint density at radius 2 is 2.00 bits per heavy atom. The lowest BCUT2D eigenvalue weighted by atomic mass is 10.1. The van der Waals surface area contributed by atoms with Crippen molar-refractivity contribution in [1.29, 1.82) is 0 Å². The van der Waals surface area contributed by atoms with Gasteiger partial charge in [0.15, 0.2) is 5.82 Å². The van der Waals surface area contributed by atoms with Crippen LogP contribution in [0.15, 0.2) is 35.1 Å². The molecule has 0 bridgehead atoms. The van der Waals surface area contributed by atoms with Crippen LogP contribution in [0.2, 0.25) is 5.15 Å². The molecular formula is C13H15BrClN5O. The molecule has 21 heavy (non-hydrogen) atoms. The van der Waals surface area contributed by atoms with Gasteiger partial charge in [0.05, 0.1) is 5.56 Å². The van der Waals surface area contributed by atoms with E-state index in [4.69, 9.17) is 16.5 Å². The van der Waals surface area contributed by atoms with E-state index in [0.29, 0.717) is 16.5 Å². The van der Waals surface area contributed by atoms with Gasteiger partial charge in [-0.3, -0.25) is 5.43 Å². The van der Waals surface area contributed by atoms with E-state index in [1.165, 1.54) is 6.33 Å². The molecule has 0 saturated heterocycles. The van der Waals surface area contributed by atoms with Gasteiger partial charge in [0.1, 0.15) is 11.5 Å². The van der Waals surface area contributed by atoms with E-state index in [1.807, 2.05) is 31.2 Å². The lowest BCUT2D eigenvalue weighted by Crippen LogP contribution is -2.31. The van der Waals surface area contributed by atoms with Crippen LogP contribution >= 0.6 is 27.5 Å². The van der Waals surface area contributed by atoms with E-state index in [0.717, 1.165) is 23.0 Å². The first-order chi connectivity index (χ1) is 10.2. The van der Waals surface area contributed by atoms with Crippen molar-refractivity contribution in [1.82, 2.24) is 21.0 Å². The Morgan fingerprint density at radius 1 is 1.24 bits per heavy atom. The maximum absolute atomic E-state index is 6.18.